The highest BCUT2D eigenvalue weighted by Crippen LogP contribution is 2.08. The fraction of sp³-hybridized carbons (Fsp3) is 0.250. The number of aliphatic hydroxyl groups excluding tert-OH is 3. The molecule has 9 heteroatoms. The van der Waals surface area contributed by atoms with Gasteiger partial charge in [-0.1, -0.05) is 36.4 Å². The summed E-state index contributed by atoms with van der Waals surface area (Å²) in [5, 5.41) is 41.2. The molecule has 9 nitrogen and oxygen atoms in total. The van der Waals surface area contributed by atoms with Crippen LogP contribution in [-0.2, 0) is 4.79 Å². The van der Waals surface area contributed by atoms with E-state index in [4.69, 9.17) is 0 Å². The van der Waals surface area contributed by atoms with Crippen LogP contribution in [0.2, 0.25) is 0 Å². The smallest absolute Gasteiger partial charge is 0.216 e. The number of amides is 1. The maximum atomic E-state index is 11.0. The van der Waals surface area contributed by atoms with Gasteiger partial charge in [0.15, 0.2) is 0 Å². The molecule has 154 valence electrons. The van der Waals surface area contributed by atoms with Crippen LogP contribution in [0.3, 0.4) is 0 Å². The molecule has 0 bridgehead atoms. The van der Waals surface area contributed by atoms with Crippen molar-refractivity contribution in [3.05, 3.63) is 60.7 Å². The Bertz CT molecular complexity index is 814. The monoisotopic (exact) mass is 399 g/mol. The Balaban J connectivity index is 2.12. The van der Waals surface area contributed by atoms with E-state index < -0.39 is 18.3 Å². The van der Waals surface area contributed by atoms with E-state index in [1.165, 1.54) is 13.1 Å². The van der Waals surface area contributed by atoms with Crippen LogP contribution in [0, 0.1) is 0 Å². The van der Waals surface area contributed by atoms with Crippen molar-refractivity contribution >= 4 is 29.2 Å². The van der Waals surface area contributed by atoms with Gasteiger partial charge in [-0.2, -0.15) is 10.2 Å². The Labute approximate surface area is 168 Å². The zero-order valence-electron chi connectivity index (χ0n) is 15.9. The number of carbonyl (C=O) groups is 1. The molecule has 3 atom stereocenters. The number of carbonyl (C=O) groups excluding carboxylic acids is 1. The number of aliphatic hydroxyl groups is 3. The fourth-order valence-electron chi connectivity index (χ4n) is 2.25. The molecule has 0 aromatic heterocycles. The van der Waals surface area contributed by atoms with Gasteiger partial charge in [-0.15, -0.1) is 0 Å². The van der Waals surface area contributed by atoms with Crippen molar-refractivity contribution in [1.29, 1.82) is 0 Å². The highest BCUT2D eigenvalue weighted by Gasteiger charge is 2.28. The largest absolute Gasteiger partial charge is 0.388 e. The number of hydrogen-bond donors (Lipinski definition) is 6. The molecule has 2 aromatic carbocycles. The van der Waals surface area contributed by atoms with Crippen molar-refractivity contribution < 1.29 is 20.1 Å². The van der Waals surface area contributed by atoms with Gasteiger partial charge < -0.3 is 20.6 Å². The lowest BCUT2D eigenvalue weighted by molar-refractivity contribution is -0.120. The van der Waals surface area contributed by atoms with E-state index in [1.54, 1.807) is 24.3 Å². The molecule has 29 heavy (non-hydrogen) atoms. The van der Waals surface area contributed by atoms with Gasteiger partial charge in [0.2, 0.25) is 5.91 Å². The van der Waals surface area contributed by atoms with Crippen molar-refractivity contribution in [1.82, 2.24) is 5.32 Å². The molecule has 2 aromatic rings. The molecule has 0 aliphatic rings. The summed E-state index contributed by atoms with van der Waals surface area (Å²) in [6.07, 6.45) is -3.31. The van der Waals surface area contributed by atoms with Gasteiger partial charge in [0.05, 0.1) is 17.6 Å². The molecule has 1 amide bonds. The number of hydrogen-bond acceptors (Lipinski definition) is 8. The third-order valence-corrected chi connectivity index (χ3v) is 3.83. The van der Waals surface area contributed by atoms with Gasteiger partial charge >= 0.3 is 0 Å². The van der Waals surface area contributed by atoms with Crippen LogP contribution < -0.4 is 16.2 Å². The fourth-order valence-corrected chi connectivity index (χ4v) is 2.25. The summed E-state index contributed by atoms with van der Waals surface area (Å²) < 4.78 is 0. The Kier molecular flexibility index (Phi) is 8.77. The van der Waals surface area contributed by atoms with Gasteiger partial charge in [-0.3, -0.25) is 15.6 Å². The van der Waals surface area contributed by atoms with Gasteiger partial charge in [-0.05, 0) is 24.3 Å². The summed E-state index contributed by atoms with van der Waals surface area (Å²) >= 11 is 0. The average Bonchev–Trinajstić information content (AvgIpc) is 2.74. The quantitative estimate of drug-likeness (QED) is 0.258. The highest BCUT2D eigenvalue weighted by molar-refractivity contribution is 6.33. The average molecular weight is 399 g/mol. The molecule has 0 heterocycles. The van der Waals surface area contributed by atoms with Gasteiger partial charge in [0.1, 0.15) is 24.0 Å². The molecule has 0 spiro atoms. The first kappa shape index (κ1) is 22.0. The number of benzene rings is 2. The summed E-state index contributed by atoms with van der Waals surface area (Å²) in [7, 11) is 0. The zero-order chi connectivity index (χ0) is 21.1. The third-order valence-electron chi connectivity index (χ3n) is 3.83. The second-order valence-electron chi connectivity index (χ2n) is 6.19. The van der Waals surface area contributed by atoms with E-state index in [0.717, 1.165) is 5.69 Å². The van der Waals surface area contributed by atoms with Crippen LogP contribution in [0.4, 0.5) is 11.4 Å². The number of para-hydroxylation sites is 2. The van der Waals surface area contributed by atoms with Gasteiger partial charge in [-0.25, -0.2) is 0 Å². The van der Waals surface area contributed by atoms with Crippen LogP contribution in [-0.4, -0.2) is 58.0 Å². The first-order valence-electron chi connectivity index (χ1n) is 8.98. The second kappa shape index (κ2) is 11.5. The minimum atomic E-state index is -1.60. The predicted molar refractivity (Wildman–Crippen MR) is 113 cm³/mol. The topological polar surface area (TPSA) is 139 Å². The summed E-state index contributed by atoms with van der Waals surface area (Å²) in [5.41, 5.74) is 6.91. The molecule has 0 saturated heterocycles. The van der Waals surface area contributed by atoms with Gasteiger partial charge in [0, 0.05) is 13.5 Å². The van der Waals surface area contributed by atoms with E-state index in [2.05, 4.69) is 26.4 Å². The number of nitrogens with zero attached hydrogens (tertiary/aromatic N) is 2. The van der Waals surface area contributed by atoms with Crippen LogP contribution in [0.5, 0.6) is 0 Å². The summed E-state index contributed by atoms with van der Waals surface area (Å²) in [5.74, 6) is -0.362. The molecule has 3 unspecified atom stereocenters. The molecule has 0 aliphatic heterocycles. The van der Waals surface area contributed by atoms with Crippen molar-refractivity contribution in [3.63, 3.8) is 0 Å². The molecule has 0 aliphatic carbocycles. The second-order valence-corrected chi connectivity index (χ2v) is 6.19. The number of nitrogens with one attached hydrogen (secondary N) is 3. The van der Waals surface area contributed by atoms with Crippen LogP contribution in [0.15, 0.2) is 70.9 Å². The molecule has 2 rings (SSSR count). The van der Waals surface area contributed by atoms with E-state index in [-0.39, 0.29) is 18.2 Å². The number of hydrazone groups is 2. The van der Waals surface area contributed by atoms with E-state index >= 15 is 0 Å². The molecular formula is C20H25N5O4. The lowest BCUT2D eigenvalue weighted by atomic mass is 10.0. The number of anilines is 2. The molecule has 6 N–H and O–H groups in total. The molecule has 0 radical (unpaired) electrons. The maximum absolute atomic E-state index is 11.0. The SMILES string of the molecule is CC(=O)NCC(O)C(O)C(O)C(C=NNc1ccccc1)=NNc1ccccc1. The lowest BCUT2D eigenvalue weighted by Crippen LogP contribution is -2.47. The molecular weight excluding hydrogens is 374 g/mol. The minimum Gasteiger partial charge on any atom is -0.388 e. The highest BCUT2D eigenvalue weighted by atomic mass is 16.4. The van der Waals surface area contributed by atoms with Crippen LogP contribution >= 0.6 is 0 Å². The third kappa shape index (κ3) is 7.70. The van der Waals surface area contributed by atoms with Crippen molar-refractivity contribution in [3.8, 4) is 0 Å². The molecule has 0 fully saturated rings. The lowest BCUT2D eigenvalue weighted by Gasteiger charge is -2.23. The first-order valence-corrected chi connectivity index (χ1v) is 8.98. The van der Waals surface area contributed by atoms with Crippen molar-refractivity contribution in [2.24, 2.45) is 10.2 Å². The summed E-state index contributed by atoms with van der Waals surface area (Å²) in [6, 6.07) is 18.2. The van der Waals surface area contributed by atoms with Gasteiger partial charge in [0.25, 0.3) is 0 Å². The predicted octanol–water partition coefficient (Wildman–Crippen LogP) is 0.771. The zero-order valence-corrected chi connectivity index (χ0v) is 15.9. The Morgan fingerprint density at radius 2 is 1.52 bits per heavy atom. The van der Waals surface area contributed by atoms with Crippen molar-refractivity contribution in [2.45, 2.75) is 25.2 Å². The Hall–Kier alpha value is -3.27. The summed E-state index contributed by atoms with van der Waals surface area (Å²) in [4.78, 5) is 11.0. The Morgan fingerprint density at radius 3 is 2.07 bits per heavy atom. The Morgan fingerprint density at radius 1 is 0.966 bits per heavy atom. The number of rotatable bonds is 10. The van der Waals surface area contributed by atoms with E-state index in [1.807, 2.05) is 36.4 Å². The van der Waals surface area contributed by atoms with E-state index in [9.17, 15) is 20.1 Å². The standard InChI is InChI=1S/C20H25N5O4/c1-14(26)21-13-18(27)20(29)19(28)17(25-24-16-10-6-3-7-11-16)12-22-23-15-8-4-2-5-9-15/h2-12,18-20,23-24,27-29H,13H2,1H3,(H,21,26). The van der Waals surface area contributed by atoms with Crippen molar-refractivity contribution in [2.75, 3.05) is 17.4 Å². The maximum Gasteiger partial charge on any atom is 0.216 e. The summed E-state index contributed by atoms with van der Waals surface area (Å²) in [6.45, 7) is 1.07. The van der Waals surface area contributed by atoms with E-state index in [0.29, 0.717) is 5.69 Å². The normalized spacial score (nSPS) is 14.8. The van der Waals surface area contributed by atoms with Crippen LogP contribution in [0.1, 0.15) is 6.92 Å². The minimum absolute atomic E-state index is 0.0216. The molecule has 0 saturated carbocycles. The van der Waals surface area contributed by atoms with Crippen LogP contribution in [0.25, 0.3) is 0 Å². The first-order chi connectivity index (χ1) is 14.0.